The molecule has 236 valence electrons. The lowest BCUT2D eigenvalue weighted by molar-refractivity contribution is -0.139. The summed E-state index contributed by atoms with van der Waals surface area (Å²) in [7, 11) is 1.45. The minimum Gasteiger partial charge on any atom is -0.493 e. The van der Waals surface area contributed by atoms with Crippen LogP contribution in [-0.2, 0) is 20.9 Å². The first-order chi connectivity index (χ1) is 22.4. The van der Waals surface area contributed by atoms with E-state index in [1.807, 2.05) is 66.7 Å². The number of hydrogen-bond donors (Lipinski definition) is 3. The van der Waals surface area contributed by atoms with Crippen LogP contribution in [0.3, 0.4) is 0 Å². The van der Waals surface area contributed by atoms with Crippen LogP contribution in [0.25, 0.3) is 10.8 Å². The summed E-state index contributed by atoms with van der Waals surface area (Å²) in [6, 6.07) is 25.2. The largest absolute Gasteiger partial charge is 0.493 e. The van der Waals surface area contributed by atoms with E-state index >= 15 is 0 Å². The molecule has 0 aliphatic carbocycles. The van der Waals surface area contributed by atoms with E-state index < -0.39 is 23.9 Å². The third-order valence-corrected chi connectivity index (χ3v) is 7.20. The number of amides is 3. The fourth-order valence-corrected chi connectivity index (χ4v) is 5.02. The number of hydrogen-bond acceptors (Lipinski definition) is 8. The predicted molar refractivity (Wildman–Crippen MR) is 173 cm³/mol. The normalized spacial score (nSPS) is 14.4. The van der Waals surface area contributed by atoms with Gasteiger partial charge in [-0.25, -0.2) is 15.0 Å². The molecule has 46 heavy (non-hydrogen) atoms. The summed E-state index contributed by atoms with van der Waals surface area (Å²) < 4.78 is 22.5. The molecule has 11 nitrogen and oxygen atoms in total. The summed E-state index contributed by atoms with van der Waals surface area (Å²) in [5.41, 5.74) is 5.49. The Labute approximate surface area is 266 Å². The number of fused-ring (bicyclic) bond motifs is 1. The molecule has 4 aromatic carbocycles. The number of esters is 1. The molecule has 11 heteroatoms. The molecule has 0 radical (unpaired) electrons. The van der Waals surface area contributed by atoms with Crippen molar-refractivity contribution in [3.8, 4) is 17.2 Å². The van der Waals surface area contributed by atoms with Crippen molar-refractivity contribution in [2.24, 2.45) is 5.10 Å². The Morgan fingerprint density at radius 1 is 0.935 bits per heavy atom. The van der Waals surface area contributed by atoms with Crippen LogP contribution in [0, 0.1) is 0 Å². The molecule has 0 bridgehead atoms. The number of carbonyl (C=O) groups excluding carboxylic acids is 3. The fourth-order valence-electron chi connectivity index (χ4n) is 5.02. The number of nitrogens with zero attached hydrogens (tertiary/aromatic N) is 1. The van der Waals surface area contributed by atoms with Gasteiger partial charge in [-0.15, -0.1) is 0 Å². The van der Waals surface area contributed by atoms with E-state index in [1.54, 1.807) is 38.3 Å². The van der Waals surface area contributed by atoms with Gasteiger partial charge in [0.15, 0.2) is 18.1 Å². The zero-order valence-electron chi connectivity index (χ0n) is 25.7. The van der Waals surface area contributed by atoms with E-state index in [-0.39, 0.29) is 24.5 Å². The maximum Gasteiger partial charge on any atom is 0.338 e. The van der Waals surface area contributed by atoms with Crippen molar-refractivity contribution < 1.29 is 33.3 Å². The van der Waals surface area contributed by atoms with Gasteiger partial charge in [0.1, 0.15) is 12.4 Å². The highest BCUT2D eigenvalue weighted by molar-refractivity contribution is 6.02. The topological polar surface area (TPSA) is 137 Å². The molecule has 0 spiro atoms. The third kappa shape index (κ3) is 7.44. The van der Waals surface area contributed by atoms with Gasteiger partial charge in [0.2, 0.25) is 0 Å². The Balaban J connectivity index is 1.26. The molecule has 3 N–H and O–H groups in total. The molecule has 0 saturated carbocycles. The summed E-state index contributed by atoms with van der Waals surface area (Å²) in [6.45, 7) is 3.55. The van der Waals surface area contributed by atoms with E-state index in [1.165, 1.54) is 7.11 Å². The first-order valence-corrected chi connectivity index (χ1v) is 14.6. The number of carbonyl (C=O) groups is 3. The van der Waals surface area contributed by atoms with Gasteiger partial charge in [0.05, 0.1) is 31.5 Å². The molecule has 4 aromatic rings. The Bertz CT molecular complexity index is 1800. The molecule has 0 fully saturated rings. The molecule has 1 aliphatic heterocycles. The van der Waals surface area contributed by atoms with Crippen molar-refractivity contribution in [1.29, 1.82) is 0 Å². The van der Waals surface area contributed by atoms with E-state index in [9.17, 15) is 14.4 Å². The second-order valence-corrected chi connectivity index (χ2v) is 10.3. The number of benzene rings is 4. The number of ether oxygens (including phenoxy) is 4. The van der Waals surface area contributed by atoms with Crippen LogP contribution in [0.2, 0.25) is 0 Å². The maximum atomic E-state index is 12.7. The third-order valence-electron chi connectivity index (χ3n) is 7.20. The summed E-state index contributed by atoms with van der Waals surface area (Å²) in [4.78, 5) is 37.6. The average Bonchev–Trinajstić information content (AvgIpc) is 3.06. The van der Waals surface area contributed by atoms with Gasteiger partial charge in [-0.05, 0) is 53.9 Å². The first-order valence-electron chi connectivity index (χ1n) is 14.6. The molecule has 5 rings (SSSR count). The van der Waals surface area contributed by atoms with Crippen molar-refractivity contribution >= 4 is 34.9 Å². The Kier molecular flexibility index (Phi) is 10.1. The highest BCUT2D eigenvalue weighted by atomic mass is 16.5. The summed E-state index contributed by atoms with van der Waals surface area (Å²) in [5.74, 6) is 0.173. The lowest BCUT2D eigenvalue weighted by Crippen LogP contribution is -2.45. The van der Waals surface area contributed by atoms with Crippen LogP contribution in [0.15, 0.2) is 101 Å². The highest BCUT2D eigenvalue weighted by Gasteiger charge is 2.32. The average molecular weight is 623 g/mol. The number of nitrogens with one attached hydrogen (secondary N) is 3. The summed E-state index contributed by atoms with van der Waals surface area (Å²) in [5, 5.41) is 11.5. The van der Waals surface area contributed by atoms with Crippen LogP contribution < -0.4 is 30.3 Å². The molecular formula is C35H34N4O7. The van der Waals surface area contributed by atoms with Crippen molar-refractivity contribution in [3.63, 3.8) is 0 Å². The lowest BCUT2D eigenvalue weighted by Gasteiger charge is -2.28. The standard InChI is InChI=1S/C35H34N4O7/c1-4-44-34(41)32-22(2)37-35(42)38-33(32)25-15-17-29(30(18-25)43-3)46-21-31(40)39-36-19-27-26-13-9-8-12-24(26)14-16-28(27)45-20-23-10-6-5-7-11-23/h5-19,33H,4,20-21H2,1-3H3,(H,39,40)(H2,37,38,42)/b36-19+/t33-/m0/s1. The van der Waals surface area contributed by atoms with Crippen LogP contribution in [0.5, 0.6) is 17.2 Å². The number of urea groups is 1. The van der Waals surface area contributed by atoms with Crippen LogP contribution >= 0.6 is 0 Å². The lowest BCUT2D eigenvalue weighted by atomic mass is 9.95. The van der Waals surface area contributed by atoms with Crippen LogP contribution in [-0.4, -0.2) is 44.4 Å². The molecule has 0 saturated heterocycles. The minimum absolute atomic E-state index is 0.184. The molecule has 0 unspecified atom stereocenters. The summed E-state index contributed by atoms with van der Waals surface area (Å²) >= 11 is 0. The zero-order chi connectivity index (χ0) is 32.5. The first kappa shape index (κ1) is 31.6. The second-order valence-electron chi connectivity index (χ2n) is 10.3. The van der Waals surface area contributed by atoms with E-state index in [0.717, 1.165) is 21.9 Å². The Morgan fingerprint density at radius 2 is 1.70 bits per heavy atom. The number of methoxy groups -OCH3 is 1. The van der Waals surface area contributed by atoms with Gasteiger partial charge in [0, 0.05) is 11.3 Å². The Hall–Kier alpha value is -5.84. The maximum absolute atomic E-state index is 12.7. The zero-order valence-corrected chi connectivity index (χ0v) is 25.7. The van der Waals surface area contributed by atoms with Gasteiger partial charge < -0.3 is 29.6 Å². The monoisotopic (exact) mass is 622 g/mol. The van der Waals surface area contributed by atoms with Gasteiger partial charge in [-0.2, -0.15) is 5.10 Å². The molecule has 3 amide bonds. The van der Waals surface area contributed by atoms with Gasteiger partial charge in [0.25, 0.3) is 5.91 Å². The Morgan fingerprint density at radius 3 is 2.48 bits per heavy atom. The second kappa shape index (κ2) is 14.8. The van der Waals surface area contributed by atoms with E-state index in [0.29, 0.717) is 29.4 Å². The minimum atomic E-state index is -0.774. The predicted octanol–water partition coefficient (Wildman–Crippen LogP) is 5.15. The van der Waals surface area contributed by atoms with Gasteiger partial charge in [-0.1, -0.05) is 66.7 Å². The van der Waals surface area contributed by atoms with Crippen molar-refractivity contribution in [2.45, 2.75) is 26.5 Å². The van der Waals surface area contributed by atoms with E-state index in [4.69, 9.17) is 18.9 Å². The quantitative estimate of drug-likeness (QED) is 0.113. The number of rotatable bonds is 12. The van der Waals surface area contributed by atoms with Crippen molar-refractivity contribution in [3.05, 3.63) is 113 Å². The van der Waals surface area contributed by atoms with Gasteiger partial charge in [-0.3, -0.25) is 4.79 Å². The molecular weight excluding hydrogens is 588 g/mol. The van der Waals surface area contributed by atoms with Gasteiger partial charge >= 0.3 is 12.0 Å². The van der Waals surface area contributed by atoms with Crippen molar-refractivity contribution in [1.82, 2.24) is 16.1 Å². The van der Waals surface area contributed by atoms with Crippen LogP contribution in [0.4, 0.5) is 4.79 Å². The van der Waals surface area contributed by atoms with E-state index in [2.05, 4.69) is 21.2 Å². The number of hydrazone groups is 1. The van der Waals surface area contributed by atoms with Crippen molar-refractivity contribution in [2.75, 3.05) is 20.3 Å². The SMILES string of the molecule is CCOC(=O)C1=C(C)NC(=O)N[C@H]1c1ccc(OCC(=O)N/N=C/c2c(OCc3ccccc3)ccc3ccccc23)c(OC)c1. The molecule has 1 heterocycles. The smallest absolute Gasteiger partial charge is 0.338 e. The molecule has 0 aromatic heterocycles. The molecule has 1 atom stereocenters. The molecule has 1 aliphatic rings. The number of allylic oxidation sites excluding steroid dienone is 1. The van der Waals surface area contributed by atoms with Crippen LogP contribution in [0.1, 0.15) is 36.6 Å². The highest BCUT2D eigenvalue weighted by Crippen LogP contribution is 2.34. The fraction of sp³-hybridized carbons (Fsp3) is 0.200. The summed E-state index contributed by atoms with van der Waals surface area (Å²) in [6.07, 6.45) is 1.56.